The summed E-state index contributed by atoms with van der Waals surface area (Å²) in [5.74, 6) is -4.96. The van der Waals surface area contributed by atoms with Crippen LogP contribution in [0.4, 0.5) is 0 Å². The zero-order valence-electron chi connectivity index (χ0n) is 12.1. The van der Waals surface area contributed by atoms with Gasteiger partial charge in [-0.15, -0.1) is 0 Å². The van der Waals surface area contributed by atoms with Crippen molar-refractivity contribution in [1.29, 1.82) is 0 Å². The molecule has 0 aliphatic heterocycles. The topological polar surface area (TPSA) is 91.3 Å². The normalized spacial score (nSPS) is 13.4. The summed E-state index contributed by atoms with van der Waals surface area (Å²) < 4.78 is 9.68. The van der Waals surface area contributed by atoms with E-state index in [4.69, 9.17) is 16.3 Å². The minimum atomic E-state index is -1.82. The first kappa shape index (κ1) is 18.4. The standard InChI is InChI=1S/C12H18ClNO6/c1-6-19-10(16)7(8(15)9(13)14-18-5)11(17)20-12(2,3)4/h7H,6H2,1-5H3. The Balaban J connectivity index is 5.29. The number of esters is 2. The van der Waals surface area contributed by atoms with Gasteiger partial charge in [-0.3, -0.25) is 14.4 Å². The number of carbonyl (C=O) groups excluding carboxylic acids is 3. The average Bonchev–Trinajstić information content (AvgIpc) is 2.27. The molecule has 0 fully saturated rings. The van der Waals surface area contributed by atoms with Crippen molar-refractivity contribution in [2.24, 2.45) is 11.1 Å². The zero-order chi connectivity index (χ0) is 15.9. The number of oxime groups is 1. The van der Waals surface area contributed by atoms with Gasteiger partial charge in [0.1, 0.15) is 12.7 Å². The van der Waals surface area contributed by atoms with Crippen LogP contribution in [-0.4, -0.2) is 42.2 Å². The fraction of sp³-hybridized carbons (Fsp3) is 0.667. The Bertz CT molecular complexity index is 413. The van der Waals surface area contributed by atoms with E-state index in [9.17, 15) is 14.4 Å². The Morgan fingerprint density at radius 1 is 1.20 bits per heavy atom. The third kappa shape index (κ3) is 6.01. The van der Waals surface area contributed by atoms with E-state index in [1.807, 2.05) is 0 Å². The molecule has 0 aromatic rings. The molecular weight excluding hydrogens is 290 g/mol. The van der Waals surface area contributed by atoms with Gasteiger partial charge in [0.05, 0.1) is 6.61 Å². The van der Waals surface area contributed by atoms with Crippen LogP contribution in [0.3, 0.4) is 0 Å². The largest absolute Gasteiger partial charge is 0.465 e. The molecule has 0 heterocycles. The van der Waals surface area contributed by atoms with Gasteiger partial charge < -0.3 is 14.3 Å². The van der Waals surface area contributed by atoms with Crippen LogP contribution < -0.4 is 0 Å². The van der Waals surface area contributed by atoms with Crippen molar-refractivity contribution in [3.63, 3.8) is 0 Å². The van der Waals surface area contributed by atoms with Crippen LogP contribution in [0, 0.1) is 5.92 Å². The van der Waals surface area contributed by atoms with E-state index in [0.717, 1.165) is 0 Å². The summed E-state index contributed by atoms with van der Waals surface area (Å²) in [6.45, 7) is 6.34. The van der Waals surface area contributed by atoms with Gasteiger partial charge in [-0.1, -0.05) is 16.8 Å². The van der Waals surface area contributed by atoms with Crippen LogP contribution in [0.2, 0.25) is 0 Å². The highest BCUT2D eigenvalue weighted by molar-refractivity contribution is 6.84. The summed E-state index contributed by atoms with van der Waals surface area (Å²) in [6.07, 6.45) is 0. The maximum Gasteiger partial charge on any atom is 0.329 e. The van der Waals surface area contributed by atoms with Crippen LogP contribution in [0.1, 0.15) is 27.7 Å². The molecular formula is C12H18ClNO6. The second kappa shape index (κ2) is 7.84. The second-order valence-electron chi connectivity index (χ2n) is 4.65. The van der Waals surface area contributed by atoms with Gasteiger partial charge in [0.2, 0.25) is 16.9 Å². The van der Waals surface area contributed by atoms with Crippen molar-refractivity contribution < 1.29 is 28.7 Å². The van der Waals surface area contributed by atoms with Gasteiger partial charge in [0, 0.05) is 0 Å². The number of nitrogens with zero attached hydrogens (tertiary/aromatic N) is 1. The predicted octanol–water partition coefficient (Wildman–Crippen LogP) is 1.28. The quantitative estimate of drug-likeness (QED) is 0.318. The number of carbonyl (C=O) groups is 3. The third-order valence-electron chi connectivity index (χ3n) is 1.80. The maximum absolute atomic E-state index is 11.9. The Kier molecular flexibility index (Phi) is 7.20. The van der Waals surface area contributed by atoms with Gasteiger partial charge in [-0.2, -0.15) is 0 Å². The van der Waals surface area contributed by atoms with Gasteiger partial charge in [0.15, 0.2) is 0 Å². The molecule has 1 atom stereocenters. The molecule has 0 amide bonds. The van der Waals surface area contributed by atoms with Gasteiger partial charge >= 0.3 is 11.9 Å². The summed E-state index contributed by atoms with van der Waals surface area (Å²) in [6, 6.07) is 0. The molecule has 0 aliphatic rings. The molecule has 0 aromatic carbocycles. The molecule has 0 rings (SSSR count). The molecule has 0 saturated heterocycles. The summed E-state index contributed by atoms with van der Waals surface area (Å²) in [5, 5.41) is 2.54. The SMILES string of the molecule is CCOC(=O)C(C(=O)OC(C)(C)C)C(=O)C(Cl)=NOC. The van der Waals surface area contributed by atoms with Crippen molar-refractivity contribution in [2.75, 3.05) is 13.7 Å². The van der Waals surface area contributed by atoms with Crippen molar-refractivity contribution in [2.45, 2.75) is 33.3 Å². The number of ether oxygens (including phenoxy) is 2. The summed E-state index contributed by atoms with van der Waals surface area (Å²) in [7, 11) is 1.17. The first-order valence-corrected chi connectivity index (χ1v) is 6.22. The lowest BCUT2D eigenvalue weighted by Gasteiger charge is -2.22. The Labute approximate surface area is 122 Å². The van der Waals surface area contributed by atoms with E-state index >= 15 is 0 Å². The molecule has 1 unspecified atom stereocenters. The van der Waals surface area contributed by atoms with Crippen molar-refractivity contribution >= 4 is 34.5 Å². The lowest BCUT2D eigenvalue weighted by atomic mass is 10.0. The van der Waals surface area contributed by atoms with E-state index < -0.39 is 34.4 Å². The molecule has 8 heteroatoms. The molecule has 114 valence electrons. The Hall–Kier alpha value is -1.63. The molecule has 20 heavy (non-hydrogen) atoms. The Morgan fingerprint density at radius 3 is 2.15 bits per heavy atom. The minimum absolute atomic E-state index is 0.00442. The van der Waals surface area contributed by atoms with Gasteiger partial charge in [0.25, 0.3) is 0 Å². The molecule has 7 nitrogen and oxygen atoms in total. The van der Waals surface area contributed by atoms with E-state index in [0.29, 0.717) is 0 Å². The number of halogens is 1. The van der Waals surface area contributed by atoms with E-state index in [1.165, 1.54) is 7.11 Å². The molecule has 0 bridgehead atoms. The van der Waals surface area contributed by atoms with Crippen LogP contribution in [0.25, 0.3) is 0 Å². The van der Waals surface area contributed by atoms with Crippen molar-refractivity contribution in [1.82, 2.24) is 0 Å². The van der Waals surface area contributed by atoms with Crippen LogP contribution >= 0.6 is 11.6 Å². The van der Waals surface area contributed by atoms with Crippen LogP contribution in [0.15, 0.2) is 5.16 Å². The number of hydrogen-bond donors (Lipinski definition) is 0. The summed E-state index contributed by atoms with van der Waals surface area (Å²) in [5.41, 5.74) is -0.868. The molecule has 0 radical (unpaired) electrons. The highest BCUT2D eigenvalue weighted by Gasteiger charge is 2.40. The number of rotatable bonds is 6. The maximum atomic E-state index is 11.9. The second-order valence-corrected chi connectivity index (χ2v) is 5.01. The average molecular weight is 308 g/mol. The highest BCUT2D eigenvalue weighted by atomic mass is 35.5. The van der Waals surface area contributed by atoms with E-state index in [2.05, 4.69) is 14.7 Å². The first-order chi connectivity index (χ1) is 9.14. The fourth-order valence-electron chi connectivity index (χ4n) is 1.14. The van der Waals surface area contributed by atoms with E-state index in [1.54, 1.807) is 27.7 Å². The van der Waals surface area contributed by atoms with Crippen molar-refractivity contribution in [3.05, 3.63) is 0 Å². The molecule has 0 saturated carbocycles. The highest BCUT2D eigenvalue weighted by Crippen LogP contribution is 2.15. The number of ketones is 1. The van der Waals surface area contributed by atoms with Gasteiger partial charge in [-0.05, 0) is 27.7 Å². The third-order valence-corrected chi connectivity index (χ3v) is 2.06. The number of hydrogen-bond acceptors (Lipinski definition) is 7. The lowest BCUT2D eigenvalue weighted by molar-refractivity contribution is -0.169. The summed E-state index contributed by atoms with van der Waals surface area (Å²) >= 11 is 5.55. The smallest absolute Gasteiger partial charge is 0.329 e. The van der Waals surface area contributed by atoms with Crippen molar-refractivity contribution in [3.8, 4) is 0 Å². The zero-order valence-corrected chi connectivity index (χ0v) is 12.8. The molecule has 0 aromatic heterocycles. The molecule has 0 aliphatic carbocycles. The van der Waals surface area contributed by atoms with Crippen LogP contribution in [-0.2, 0) is 28.7 Å². The molecule has 0 N–H and O–H groups in total. The fourth-order valence-corrected chi connectivity index (χ4v) is 1.32. The lowest BCUT2D eigenvalue weighted by Crippen LogP contribution is -2.40. The van der Waals surface area contributed by atoms with Crippen LogP contribution in [0.5, 0.6) is 0 Å². The van der Waals surface area contributed by atoms with E-state index in [-0.39, 0.29) is 6.61 Å². The molecule has 0 spiro atoms. The predicted molar refractivity (Wildman–Crippen MR) is 71.3 cm³/mol. The number of Topliss-reactive ketones (excluding diaryl/α,β-unsaturated/α-hetero) is 1. The first-order valence-electron chi connectivity index (χ1n) is 5.84. The van der Waals surface area contributed by atoms with Gasteiger partial charge in [-0.25, -0.2) is 0 Å². The summed E-state index contributed by atoms with van der Waals surface area (Å²) in [4.78, 5) is 39.9. The minimum Gasteiger partial charge on any atom is -0.465 e. The monoisotopic (exact) mass is 307 g/mol. The Morgan fingerprint density at radius 2 is 1.75 bits per heavy atom.